The van der Waals surface area contributed by atoms with Gasteiger partial charge in [-0.3, -0.25) is 9.59 Å². The molecule has 22 heavy (non-hydrogen) atoms. The van der Waals surface area contributed by atoms with Gasteiger partial charge in [0.15, 0.2) is 11.5 Å². The number of nitrogens with one attached hydrogen (secondary N) is 2. The molecule has 4 N–H and O–H groups in total. The Morgan fingerprint density at radius 3 is 2.45 bits per heavy atom. The molecular formula is C15H23N3O4. The molecule has 0 spiro atoms. The van der Waals surface area contributed by atoms with Crippen molar-refractivity contribution in [2.24, 2.45) is 5.73 Å². The summed E-state index contributed by atoms with van der Waals surface area (Å²) in [4.78, 5) is 22.4. The van der Waals surface area contributed by atoms with E-state index in [0.717, 1.165) is 18.4 Å². The van der Waals surface area contributed by atoms with Gasteiger partial charge in [0.25, 0.3) is 0 Å². The lowest BCUT2D eigenvalue weighted by Crippen LogP contribution is -2.39. The summed E-state index contributed by atoms with van der Waals surface area (Å²) in [6.07, 6.45) is 1.59. The Bertz CT molecular complexity index is 506. The summed E-state index contributed by atoms with van der Waals surface area (Å²) in [6, 6.07) is 5.74. The molecule has 0 radical (unpaired) electrons. The van der Waals surface area contributed by atoms with Gasteiger partial charge in [-0.15, -0.1) is 0 Å². The molecular weight excluding hydrogens is 286 g/mol. The molecule has 1 aromatic carbocycles. The highest BCUT2D eigenvalue weighted by atomic mass is 16.5. The zero-order valence-electron chi connectivity index (χ0n) is 13.0. The topological polar surface area (TPSA) is 103 Å². The molecule has 1 rings (SSSR count). The first-order chi connectivity index (χ1) is 10.6. The predicted molar refractivity (Wildman–Crippen MR) is 82.9 cm³/mol. The van der Waals surface area contributed by atoms with Crippen LogP contribution in [0.3, 0.4) is 0 Å². The van der Waals surface area contributed by atoms with Crippen LogP contribution in [0.1, 0.15) is 12.0 Å². The number of carbonyl (C=O) groups excluding carboxylic acids is 2. The number of rotatable bonds is 9. The normalized spacial score (nSPS) is 9.95. The van der Waals surface area contributed by atoms with Crippen LogP contribution < -0.4 is 25.8 Å². The van der Waals surface area contributed by atoms with E-state index in [1.54, 1.807) is 14.2 Å². The lowest BCUT2D eigenvalue weighted by molar-refractivity contribution is -0.125. The summed E-state index contributed by atoms with van der Waals surface area (Å²) in [5.41, 5.74) is 6.23. The number of carbonyl (C=O) groups is 2. The molecule has 0 heterocycles. The van der Waals surface area contributed by atoms with Gasteiger partial charge >= 0.3 is 0 Å². The minimum absolute atomic E-state index is 0.0492. The minimum Gasteiger partial charge on any atom is -0.493 e. The fourth-order valence-electron chi connectivity index (χ4n) is 1.87. The van der Waals surface area contributed by atoms with E-state index in [2.05, 4.69) is 10.6 Å². The summed E-state index contributed by atoms with van der Waals surface area (Å²) in [6.45, 7) is 0.366. The maximum Gasteiger partial charge on any atom is 0.239 e. The Balaban J connectivity index is 2.30. The maximum absolute atomic E-state index is 11.5. The van der Waals surface area contributed by atoms with E-state index < -0.39 is 0 Å². The fraction of sp³-hybridized carbons (Fsp3) is 0.467. The molecule has 0 bridgehead atoms. The molecule has 0 saturated carbocycles. The molecule has 0 aromatic heterocycles. The zero-order valence-corrected chi connectivity index (χ0v) is 13.0. The van der Waals surface area contributed by atoms with Crippen molar-refractivity contribution in [1.29, 1.82) is 0 Å². The average molecular weight is 309 g/mol. The van der Waals surface area contributed by atoms with Crippen LogP contribution in [0.15, 0.2) is 18.2 Å². The van der Waals surface area contributed by atoms with Crippen LogP contribution in [0.25, 0.3) is 0 Å². The zero-order chi connectivity index (χ0) is 16.4. The maximum atomic E-state index is 11.5. The Labute approximate surface area is 130 Å². The highest BCUT2D eigenvalue weighted by Crippen LogP contribution is 2.27. The SMILES string of the molecule is COc1ccc(CCCNC(=O)CNC(=O)CN)cc1OC. The van der Waals surface area contributed by atoms with E-state index in [0.29, 0.717) is 18.0 Å². The smallest absolute Gasteiger partial charge is 0.239 e. The van der Waals surface area contributed by atoms with E-state index in [9.17, 15) is 9.59 Å². The van der Waals surface area contributed by atoms with Crippen LogP contribution >= 0.6 is 0 Å². The van der Waals surface area contributed by atoms with Gasteiger partial charge in [-0.2, -0.15) is 0 Å². The Kier molecular flexibility index (Phi) is 7.77. The minimum atomic E-state index is -0.347. The van der Waals surface area contributed by atoms with Crippen LogP contribution in [0.2, 0.25) is 0 Å². The van der Waals surface area contributed by atoms with Crippen LogP contribution in [0.5, 0.6) is 11.5 Å². The lowest BCUT2D eigenvalue weighted by Gasteiger charge is -2.10. The summed E-state index contributed by atoms with van der Waals surface area (Å²) < 4.78 is 10.4. The average Bonchev–Trinajstić information content (AvgIpc) is 2.56. The molecule has 1 aromatic rings. The van der Waals surface area contributed by atoms with Crippen molar-refractivity contribution in [1.82, 2.24) is 10.6 Å². The van der Waals surface area contributed by atoms with Gasteiger partial charge in [-0.1, -0.05) is 6.07 Å². The number of methoxy groups -OCH3 is 2. The molecule has 0 saturated heterocycles. The van der Waals surface area contributed by atoms with E-state index >= 15 is 0 Å². The quantitative estimate of drug-likeness (QED) is 0.550. The molecule has 7 nitrogen and oxygen atoms in total. The molecule has 122 valence electrons. The number of hydrogen-bond acceptors (Lipinski definition) is 5. The summed E-state index contributed by atoms with van der Waals surface area (Å²) in [5, 5.41) is 5.15. The monoisotopic (exact) mass is 309 g/mol. The van der Waals surface area contributed by atoms with Gasteiger partial charge < -0.3 is 25.8 Å². The fourth-order valence-corrected chi connectivity index (χ4v) is 1.87. The third kappa shape index (κ3) is 6.01. The summed E-state index contributed by atoms with van der Waals surface area (Å²) >= 11 is 0. The third-order valence-electron chi connectivity index (χ3n) is 3.04. The van der Waals surface area contributed by atoms with Gasteiger partial charge in [0.2, 0.25) is 11.8 Å². The first-order valence-electron chi connectivity index (χ1n) is 7.05. The van der Waals surface area contributed by atoms with Crippen molar-refractivity contribution >= 4 is 11.8 Å². The molecule has 0 unspecified atom stereocenters. The number of nitrogens with two attached hydrogens (primary N) is 1. The van der Waals surface area contributed by atoms with Gasteiger partial charge in [0, 0.05) is 6.54 Å². The van der Waals surface area contributed by atoms with Crippen molar-refractivity contribution in [3.8, 4) is 11.5 Å². The van der Waals surface area contributed by atoms with Crippen molar-refractivity contribution < 1.29 is 19.1 Å². The van der Waals surface area contributed by atoms with Crippen LogP contribution in [-0.2, 0) is 16.0 Å². The van der Waals surface area contributed by atoms with E-state index in [4.69, 9.17) is 15.2 Å². The second kappa shape index (κ2) is 9.62. The highest BCUT2D eigenvalue weighted by molar-refractivity contribution is 5.85. The van der Waals surface area contributed by atoms with Crippen LogP contribution in [-0.4, -0.2) is 45.7 Å². The Hall–Kier alpha value is -2.28. The highest BCUT2D eigenvalue weighted by Gasteiger charge is 2.05. The molecule has 0 atom stereocenters. The predicted octanol–water partition coefficient (Wildman–Crippen LogP) is -0.172. The summed E-state index contributed by atoms with van der Waals surface area (Å²) in [7, 11) is 3.19. The molecule has 2 amide bonds. The van der Waals surface area contributed by atoms with Gasteiger partial charge in [0.05, 0.1) is 27.3 Å². The summed E-state index contributed by atoms with van der Waals surface area (Å²) in [5.74, 6) is 0.804. The number of benzene rings is 1. The Morgan fingerprint density at radius 2 is 1.82 bits per heavy atom. The standard InChI is InChI=1S/C15H23N3O4/c1-21-12-6-5-11(8-13(12)22-2)4-3-7-17-15(20)10-18-14(19)9-16/h5-6,8H,3-4,7,9-10,16H2,1-2H3,(H,17,20)(H,18,19). The van der Waals surface area contributed by atoms with Gasteiger partial charge in [-0.05, 0) is 30.5 Å². The van der Waals surface area contributed by atoms with E-state index in [1.165, 1.54) is 0 Å². The lowest BCUT2D eigenvalue weighted by atomic mass is 10.1. The number of aryl methyl sites for hydroxylation is 1. The molecule has 7 heteroatoms. The largest absolute Gasteiger partial charge is 0.493 e. The van der Waals surface area contributed by atoms with Crippen molar-refractivity contribution in [3.05, 3.63) is 23.8 Å². The second-order valence-corrected chi connectivity index (χ2v) is 4.62. The van der Waals surface area contributed by atoms with Crippen LogP contribution in [0.4, 0.5) is 0 Å². The second-order valence-electron chi connectivity index (χ2n) is 4.62. The van der Waals surface area contributed by atoms with Crippen molar-refractivity contribution in [2.45, 2.75) is 12.8 Å². The molecule has 0 aliphatic carbocycles. The third-order valence-corrected chi connectivity index (χ3v) is 3.04. The molecule has 0 aliphatic heterocycles. The van der Waals surface area contributed by atoms with Crippen molar-refractivity contribution in [2.75, 3.05) is 33.9 Å². The molecule has 0 fully saturated rings. The number of hydrogen-bond donors (Lipinski definition) is 3. The number of ether oxygens (including phenoxy) is 2. The van der Waals surface area contributed by atoms with Gasteiger partial charge in [-0.25, -0.2) is 0 Å². The first kappa shape index (κ1) is 17.8. The number of amides is 2. The molecule has 0 aliphatic rings. The van der Waals surface area contributed by atoms with Crippen LogP contribution in [0, 0.1) is 0 Å². The van der Waals surface area contributed by atoms with Gasteiger partial charge in [0.1, 0.15) is 0 Å². The van der Waals surface area contributed by atoms with E-state index in [-0.39, 0.29) is 24.9 Å². The van der Waals surface area contributed by atoms with E-state index in [1.807, 2.05) is 18.2 Å². The first-order valence-corrected chi connectivity index (χ1v) is 7.05. The Morgan fingerprint density at radius 1 is 1.09 bits per heavy atom. The van der Waals surface area contributed by atoms with Crippen molar-refractivity contribution in [3.63, 3.8) is 0 Å².